The quantitative estimate of drug-likeness (QED) is 0.688. The third-order valence-corrected chi connectivity index (χ3v) is 4.90. The van der Waals surface area contributed by atoms with Crippen LogP contribution in [0.3, 0.4) is 0 Å². The fraction of sp³-hybridized carbons (Fsp3) is 1.00. The van der Waals surface area contributed by atoms with Crippen molar-refractivity contribution in [2.24, 2.45) is 5.41 Å². The van der Waals surface area contributed by atoms with Crippen molar-refractivity contribution in [3.8, 4) is 0 Å². The van der Waals surface area contributed by atoms with Gasteiger partial charge in [0.25, 0.3) is 0 Å². The topological polar surface area (TPSA) is 58.6 Å². The van der Waals surface area contributed by atoms with Crippen LogP contribution in [0.2, 0.25) is 0 Å². The molecule has 0 aromatic rings. The SMILES string of the molecule is CN(CCS(C)(=O)=O)CC1(CNC2CC2)CCOC1. The van der Waals surface area contributed by atoms with Crippen LogP contribution in [0.1, 0.15) is 19.3 Å². The van der Waals surface area contributed by atoms with Crippen LogP contribution in [0.5, 0.6) is 0 Å². The second kappa shape index (κ2) is 6.08. The Morgan fingerprint density at radius 2 is 2.16 bits per heavy atom. The van der Waals surface area contributed by atoms with Gasteiger partial charge in [0.1, 0.15) is 9.84 Å². The molecule has 1 N–H and O–H groups in total. The molecule has 0 bridgehead atoms. The van der Waals surface area contributed by atoms with Gasteiger partial charge < -0.3 is 15.0 Å². The van der Waals surface area contributed by atoms with Crippen LogP contribution in [-0.4, -0.2) is 71.3 Å². The molecule has 1 aliphatic carbocycles. The first-order chi connectivity index (χ1) is 8.89. The molecule has 0 spiro atoms. The zero-order chi connectivity index (χ0) is 13.9. The lowest BCUT2D eigenvalue weighted by Crippen LogP contribution is -2.45. The maximum atomic E-state index is 11.2. The van der Waals surface area contributed by atoms with Crippen molar-refractivity contribution < 1.29 is 13.2 Å². The summed E-state index contributed by atoms with van der Waals surface area (Å²) in [5, 5.41) is 3.59. The Morgan fingerprint density at radius 1 is 1.42 bits per heavy atom. The summed E-state index contributed by atoms with van der Waals surface area (Å²) in [5.74, 6) is 0.233. The van der Waals surface area contributed by atoms with Gasteiger partial charge in [-0.1, -0.05) is 0 Å². The van der Waals surface area contributed by atoms with Crippen molar-refractivity contribution >= 4 is 9.84 Å². The smallest absolute Gasteiger partial charge is 0.148 e. The van der Waals surface area contributed by atoms with Crippen molar-refractivity contribution in [2.45, 2.75) is 25.3 Å². The third-order valence-electron chi connectivity index (χ3n) is 3.98. The highest BCUT2D eigenvalue weighted by Gasteiger charge is 2.37. The minimum Gasteiger partial charge on any atom is -0.381 e. The van der Waals surface area contributed by atoms with Crippen molar-refractivity contribution in [2.75, 3.05) is 51.9 Å². The lowest BCUT2D eigenvalue weighted by Gasteiger charge is -2.32. The molecule has 0 aromatic carbocycles. The summed E-state index contributed by atoms with van der Waals surface area (Å²) >= 11 is 0. The van der Waals surface area contributed by atoms with E-state index in [9.17, 15) is 8.42 Å². The van der Waals surface area contributed by atoms with Crippen molar-refractivity contribution in [1.82, 2.24) is 10.2 Å². The minimum absolute atomic E-state index is 0.162. The summed E-state index contributed by atoms with van der Waals surface area (Å²) in [6.45, 7) is 4.11. The molecule has 19 heavy (non-hydrogen) atoms. The molecule has 0 amide bonds. The van der Waals surface area contributed by atoms with E-state index in [1.807, 2.05) is 7.05 Å². The largest absolute Gasteiger partial charge is 0.381 e. The summed E-state index contributed by atoms with van der Waals surface area (Å²) in [4.78, 5) is 2.13. The molecular weight excluding hydrogens is 264 g/mol. The molecule has 1 aliphatic heterocycles. The molecular formula is C13H26N2O3S. The predicted molar refractivity (Wildman–Crippen MR) is 76.1 cm³/mol. The van der Waals surface area contributed by atoms with E-state index < -0.39 is 9.84 Å². The van der Waals surface area contributed by atoms with Crippen molar-refractivity contribution in [3.05, 3.63) is 0 Å². The van der Waals surface area contributed by atoms with E-state index in [1.165, 1.54) is 19.1 Å². The van der Waals surface area contributed by atoms with Crippen LogP contribution in [0.4, 0.5) is 0 Å². The minimum atomic E-state index is -2.88. The predicted octanol–water partition coefficient (Wildman–Crippen LogP) is 0.122. The number of nitrogens with zero attached hydrogens (tertiary/aromatic N) is 1. The number of hydrogen-bond donors (Lipinski definition) is 1. The van der Waals surface area contributed by atoms with Crippen LogP contribution >= 0.6 is 0 Å². The molecule has 6 heteroatoms. The average molecular weight is 290 g/mol. The van der Waals surface area contributed by atoms with E-state index in [4.69, 9.17) is 4.74 Å². The van der Waals surface area contributed by atoms with Gasteiger partial charge >= 0.3 is 0 Å². The van der Waals surface area contributed by atoms with Gasteiger partial charge in [-0.3, -0.25) is 0 Å². The van der Waals surface area contributed by atoms with Crippen molar-refractivity contribution in [3.63, 3.8) is 0 Å². The standard InChI is InChI=1S/C13H26N2O3S/c1-15(6-8-19(2,16)17)10-13(5-7-18-11-13)9-14-12-3-4-12/h12,14H,3-11H2,1-2H3. The fourth-order valence-corrected chi connectivity index (χ4v) is 3.23. The first kappa shape index (κ1) is 15.2. The lowest BCUT2D eigenvalue weighted by molar-refractivity contribution is 0.121. The summed E-state index contributed by atoms with van der Waals surface area (Å²) in [5.41, 5.74) is 0.162. The zero-order valence-corrected chi connectivity index (χ0v) is 12.8. The Kier molecular flexibility index (Phi) is 4.87. The number of hydrogen-bond acceptors (Lipinski definition) is 5. The van der Waals surface area contributed by atoms with Gasteiger partial charge in [0.15, 0.2) is 0 Å². The molecule has 1 saturated heterocycles. The van der Waals surface area contributed by atoms with Crippen LogP contribution in [0.15, 0.2) is 0 Å². The first-order valence-electron chi connectivity index (χ1n) is 7.06. The molecule has 2 rings (SSSR count). The van der Waals surface area contributed by atoms with Gasteiger partial charge in [0.05, 0.1) is 12.4 Å². The second-order valence-electron chi connectivity index (χ2n) is 6.33. The van der Waals surface area contributed by atoms with Crippen LogP contribution in [0.25, 0.3) is 0 Å². The molecule has 1 atom stereocenters. The number of ether oxygens (including phenoxy) is 1. The van der Waals surface area contributed by atoms with Crippen LogP contribution in [0, 0.1) is 5.41 Å². The molecule has 2 fully saturated rings. The first-order valence-corrected chi connectivity index (χ1v) is 9.12. The maximum absolute atomic E-state index is 11.2. The van der Waals surface area contributed by atoms with Gasteiger partial charge in [-0.25, -0.2) is 8.42 Å². The molecule has 1 saturated carbocycles. The van der Waals surface area contributed by atoms with E-state index in [0.29, 0.717) is 12.6 Å². The number of rotatable bonds is 8. The highest BCUT2D eigenvalue weighted by molar-refractivity contribution is 7.90. The summed E-state index contributed by atoms with van der Waals surface area (Å²) < 4.78 is 28.0. The average Bonchev–Trinajstić information content (AvgIpc) is 3.04. The fourth-order valence-electron chi connectivity index (χ4n) is 2.59. The molecule has 1 unspecified atom stereocenters. The molecule has 2 aliphatic rings. The molecule has 0 aromatic heterocycles. The monoisotopic (exact) mass is 290 g/mol. The van der Waals surface area contributed by atoms with Gasteiger partial charge in [0.2, 0.25) is 0 Å². The van der Waals surface area contributed by atoms with Gasteiger partial charge in [-0.15, -0.1) is 0 Å². The van der Waals surface area contributed by atoms with E-state index in [1.54, 1.807) is 0 Å². The van der Waals surface area contributed by atoms with Crippen LogP contribution < -0.4 is 5.32 Å². The highest BCUT2D eigenvalue weighted by atomic mass is 32.2. The molecule has 1 heterocycles. The highest BCUT2D eigenvalue weighted by Crippen LogP contribution is 2.30. The number of nitrogens with one attached hydrogen (secondary N) is 1. The maximum Gasteiger partial charge on any atom is 0.148 e. The Labute approximate surface area is 116 Å². The van der Waals surface area contributed by atoms with Gasteiger partial charge in [0, 0.05) is 44.0 Å². The third kappa shape index (κ3) is 5.38. The molecule has 112 valence electrons. The Bertz CT molecular complexity index is 387. The normalized spacial score (nSPS) is 28.2. The van der Waals surface area contributed by atoms with Gasteiger partial charge in [-0.2, -0.15) is 0 Å². The Balaban J connectivity index is 1.81. The van der Waals surface area contributed by atoms with Crippen LogP contribution in [-0.2, 0) is 14.6 Å². The van der Waals surface area contributed by atoms with E-state index in [-0.39, 0.29) is 11.2 Å². The molecule has 5 nitrogen and oxygen atoms in total. The van der Waals surface area contributed by atoms with E-state index in [2.05, 4.69) is 10.2 Å². The van der Waals surface area contributed by atoms with Crippen molar-refractivity contribution in [1.29, 1.82) is 0 Å². The molecule has 0 radical (unpaired) electrons. The van der Waals surface area contributed by atoms with E-state index >= 15 is 0 Å². The second-order valence-corrected chi connectivity index (χ2v) is 8.59. The Hall–Kier alpha value is -0.170. The summed E-state index contributed by atoms with van der Waals surface area (Å²) in [7, 11) is -0.875. The van der Waals surface area contributed by atoms with Gasteiger partial charge in [-0.05, 0) is 26.3 Å². The Morgan fingerprint density at radius 3 is 2.68 bits per heavy atom. The summed E-state index contributed by atoms with van der Waals surface area (Å²) in [6, 6.07) is 0.707. The number of sulfone groups is 1. The van der Waals surface area contributed by atoms with E-state index in [0.717, 1.165) is 32.7 Å². The summed E-state index contributed by atoms with van der Waals surface area (Å²) in [6.07, 6.45) is 4.95. The lowest BCUT2D eigenvalue weighted by atomic mass is 9.86. The zero-order valence-electron chi connectivity index (χ0n) is 12.0.